The molecule has 0 saturated heterocycles. The molecule has 0 radical (unpaired) electrons. The SMILES string of the molecule is Cc1csc(/C(C#N)=C/NNC(=O)c2cc(-c3ccccn3)nc3ccccc23)n1. The molecule has 146 valence electrons. The Kier molecular flexibility index (Phi) is 5.46. The maximum Gasteiger partial charge on any atom is 0.270 e. The molecule has 0 fully saturated rings. The Bertz CT molecular complexity index is 1290. The minimum Gasteiger partial charge on any atom is -0.304 e. The van der Waals surface area contributed by atoms with Crippen LogP contribution in [0.2, 0.25) is 0 Å². The monoisotopic (exact) mass is 412 g/mol. The molecule has 1 aromatic carbocycles. The minimum atomic E-state index is -0.352. The molecular formula is C22H16N6OS. The summed E-state index contributed by atoms with van der Waals surface area (Å²) in [6.07, 6.45) is 3.11. The molecule has 0 bridgehead atoms. The van der Waals surface area contributed by atoms with Gasteiger partial charge in [0, 0.05) is 28.9 Å². The number of nitriles is 1. The predicted octanol–water partition coefficient (Wildman–Crippen LogP) is 3.86. The normalized spacial score (nSPS) is 11.1. The van der Waals surface area contributed by atoms with Gasteiger partial charge in [-0.2, -0.15) is 5.26 Å². The summed E-state index contributed by atoms with van der Waals surface area (Å²) < 4.78 is 0. The first-order valence-electron chi connectivity index (χ1n) is 9.05. The van der Waals surface area contributed by atoms with E-state index in [1.54, 1.807) is 12.3 Å². The van der Waals surface area contributed by atoms with Crippen LogP contribution in [0, 0.1) is 18.3 Å². The van der Waals surface area contributed by atoms with Crippen molar-refractivity contribution in [3.8, 4) is 17.5 Å². The van der Waals surface area contributed by atoms with Crippen LogP contribution in [0.15, 0.2) is 66.3 Å². The fourth-order valence-corrected chi connectivity index (χ4v) is 3.63. The van der Waals surface area contributed by atoms with Gasteiger partial charge in [-0.05, 0) is 31.2 Å². The van der Waals surface area contributed by atoms with E-state index < -0.39 is 0 Å². The minimum absolute atomic E-state index is 0.335. The van der Waals surface area contributed by atoms with Crippen molar-refractivity contribution in [2.24, 2.45) is 0 Å². The van der Waals surface area contributed by atoms with Gasteiger partial charge in [-0.3, -0.25) is 15.2 Å². The zero-order valence-corrected chi connectivity index (χ0v) is 16.8. The van der Waals surface area contributed by atoms with E-state index in [1.165, 1.54) is 17.5 Å². The van der Waals surface area contributed by atoms with Gasteiger partial charge in [-0.1, -0.05) is 24.3 Å². The Hall–Kier alpha value is -4.09. The lowest BCUT2D eigenvalue weighted by atomic mass is 10.1. The quantitative estimate of drug-likeness (QED) is 0.381. The van der Waals surface area contributed by atoms with Crippen molar-refractivity contribution in [3.63, 3.8) is 0 Å². The molecule has 1 amide bonds. The van der Waals surface area contributed by atoms with E-state index in [0.29, 0.717) is 33.0 Å². The number of amides is 1. The van der Waals surface area contributed by atoms with Crippen LogP contribution in [-0.4, -0.2) is 20.9 Å². The molecule has 0 aliphatic carbocycles. The molecule has 30 heavy (non-hydrogen) atoms. The Balaban J connectivity index is 1.63. The standard InChI is InChI=1S/C22H16N6OS/c1-14-13-30-22(26-14)15(11-23)12-25-28-21(29)17-10-20(19-8-4-5-9-24-19)27-18-7-3-2-6-16(17)18/h2-10,12-13,25H,1H3,(H,28,29)/b15-12+. The first-order chi connectivity index (χ1) is 14.7. The third kappa shape index (κ3) is 4.01. The second kappa shape index (κ2) is 8.51. The number of carbonyl (C=O) groups is 1. The molecule has 0 atom stereocenters. The number of para-hydroxylation sites is 1. The first kappa shape index (κ1) is 19.2. The molecule has 3 aromatic heterocycles. The largest absolute Gasteiger partial charge is 0.304 e. The van der Waals surface area contributed by atoms with Crippen LogP contribution in [0.5, 0.6) is 0 Å². The van der Waals surface area contributed by atoms with E-state index in [1.807, 2.05) is 54.8 Å². The second-order valence-electron chi connectivity index (χ2n) is 6.35. The van der Waals surface area contributed by atoms with E-state index in [9.17, 15) is 10.1 Å². The number of hydrogen-bond acceptors (Lipinski definition) is 7. The van der Waals surface area contributed by atoms with Crippen LogP contribution >= 0.6 is 11.3 Å². The third-order valence-electron chi connectivity index (χ3n) is 4.26. The number of hydrogen-bond donors (Lipinski definition) is 2. The van der Waals surface area contributed by atoms with Crippen molar-refractivity contribution in [3.05, 3.63) is 82.6 Å². The van der Waals surface area contributed by atoms with Crippen molar-refractivity contribution >= 4 is 33.7 Å². The fourth-order valence-electron chi connectivity index (χ4n) is 2.87. The van der Waals surface area contributed by atoms with Gasteiger partial charge in [-0.15, -0.1) is 11.3 Å². The van der Waals surface area contributed by atoms with Crippen LogP contribution in [-0.2, 0) is 0 Å². The Morgan fingerprint density at radius 1 is 1.13 bits per heavy atom. The number of hydrazine groups is 1. The number of nitrogens with one attached hydrogen (secondary N) is 2. The summed E-state index contributed by atoms with van der Waals surface area (Å²) in [4.78, 5) is 26.1. The molecule has 4 aromatic rings. The lowest BCUT2D eigenvalue weighted by molar-refractivity contribution is 0.0942. The van der Waals surface area contributed by atoms with Crippen molar-refractivity contribution in [2.45, 2.75) is 6.92 Å². The molecule has 7 nitrogen and oxygen atoms in total. The van der Waals surface area contributed by atoms with Crippen LogP contribution in [0.4, 0.5) is 0 Å². The highest BCUT2D eigenvalue weighted by atomic mass is 32.1. The number of thiazole rings is 1. The van der Waals surface area contributed by atoms with E-state index in [0.717, 1.165) is 11.1 Å². The molecule has 4 rings (SSSR count). The van der Waals surface area contributed by atoms with Gasteiger partial charge in [0.15, 0.2) is 0 Å². The summed E-state index contributed by atoms with van der Waals surface area (Å²) in [6, 6.07) is 16.7. The highest BCUT2D eigenvalue weighted by molar-refractivity contribution is 7.10. The molecule has 0 spiro atoms. The average molecular weight is 412 g/mol. The number of rotatable bonds is 5. The highest BCUT2D eigenvalue weighted by Gasteiger charge is 2.14. The summed E-state index contributed by atoms with van der Waals surface area (Å²) in [5, 5.41) is 12.5. The van der Waals surface area contributed by atoms with Gasteiger partial charge >= 0.3 is 0 Å². The van der Waals surface area contributed by atoms with E-state index in [2.05, 4.69) is 31.9 Å². The van der Waals surface area contributed by atoms with Gasteiger partial charge in [0.2, 0.25) is 0 Å². The molecule has 0 unspecified atom stereocenters. The molecular weight excluding hydrogens is 396 g/mol. The highest BCUT2D eigenvalue weighted by Crippen LogP contribution is 2.23. The smallest absolute Gasteiger partial charge is 0.270 e. The molecule has 3 heterocycles. The van der Waals surface area contributed by atoms with Crippen molar-refractivity contribution in [2.75, 3.05) is 0 Å². The fraction of sp³-hybridized carbons (Fsp3) is 0.0455. The topological polar surface area (TPSA) is 104 Å². The number of pyridine rings is 2. The number of carbonyl (C=O) groups excluding carboxylic acids is 1. The lowest BCUT2D eigenvalue weighted by Crippen LogP contribution is -2.34. The van der Waals surface area contributed by atoms with Gasteiger partial charge in [-0.25, -0.2) is 9.97 Å². The van der Waals surface area contributed by atoms with Gasteiger partial charge in [0.1, 0.15) is 16.6 Å². The number of allylic oxidation sites excluding steroid dienone is 1. The maximum atomic E-state index is 12.9. The van der Waals surface area contributed by atoms with E-state index in [4.69, 9.17) is 0 Å². The Morgan fingerprint density at radius 3 is 2.70 bits per heavy atom. The van der Waals surface area contributed by atoms with Gasteiger partial charge < -0.3 is 5.43 Å². The van der Waals surface area contributed by atoms with Crippen LogP contribution < -0.4 is 10.9 Å². The number of benzene rings is 1. The number of aryl methyl sites for hydroxylation is 1. The Morgan fingerprint density at radius 2 is 1.97 bits per heavy atom. The second-order valence-corrected chi connectivity index (χ2v) is 7.21. The van der Waals surface area contributed by atoms with Crippen molar-refractivity contribution in [1.29, 1.82) is 5.26 Å². The van der Waals surface area contributed by atoms with Crippen molar-refractivity contribution in [1.82, 2.24) is 25.8 Å². The number of aromatic nitrogens is 3. The summed E-state index contributed by atoms with van der Waals surface area (Å²) in [5.74, 6) is -0.352. The van der Waals surface area contributed by atoms with Crippen LogP contribution in [0.25, 0.3) is 27.9 Å². The molecule has 8 heteroatoms. The zero-order chi connectivity index (χ0) is 20.9. The van der Waals surface area contributed by atoms with E-state index in [-0.39, 0.29) is 5.91 Å². The average Bonchev–Trinajstić information content (AvgIpc) is 3.22. The van der Waals surface area contributed by atoms with E-state index >= 15 is 0 Å². The number of nitrogens with zero attached hydrogens (tertiary/aromatic N) is 4. The summed E-state index contributed by atoms with van der Waals surface area (Å²) in [7, 11) is 0. The number of fused-ring (bicyclic) bond motifs is 1. The molecule has 2 N–H and O–H groups in total. The summed E-state index contributed by atoms with van der Waals surface area (Å²) in [6.45, 7) is 1.86. The van der Waals surface area contributed by atoms with Gasteiger partial charge in [0.05, 0.1) is 22.5 Å². The third-order valence-corrected chi connectivity index (χ3v) is 5.25. The maximum absolute atomic E-state index is 12.9. The van der Waals surface area contributed by atoms with Crippen LogP contribution in [0.1, 0.15) is 21.1 Å². The van der Waals surface area contributed by atoms with Crippen LogP contribution in [0.3, 0.4) is 0 Å². The van der Waals surface area contributed by atoms with Crippen molar-refractivity contribution < 1.29 is 4.79 Å². The van der Waals surface area contributed by atoms with Gasteiger partial charge in [0.25, 0.3) is 5.91 Å². The zero-order valence-electron chi connectivity index (χ0n) is 16.0. The lowest BCUT2D eigenvalue weighted by Gasteiger charge is -2.10. The summed E-state index contributed by atoms with van der Waals surface area (Å²) in [5.41, 5.74) is 8.93. The predicted molar refractivity (Wildman–Crippen MR) is 116 cm³/mol. The molecule has 0 saturated carbocycles. The Labute approximate surface area is 176 Å². The summed E-state index contributed by atoms with van der Waals surface area (Å²) >= 11 is 1.37. The molecule has 0 aliphatic rings. The first-order valence-corrected chi connectivity index (χ1v) is 9.93. The molecule has 0 aliphatic heterocycles.